The maximum Gasteiger partial charge on any atom is 0.301 e. The Labute approximate surface area is 212 Å². The molecule has 1 aliphatic rings. The van der Waals surface area contributed by atoms with Crippen molar-refractivity contribution in [1.29, 1.82) is 0 Å². The lowest BCUT2D eigenvalue weighted by Crippen LogP contribution is -2.29. The Morgan fingerprint density at radius 2 is 1.72 bits per heavy atom. The zero-order valence-electron chi connectivity index (χ0n) is 20.0. The number of carbonyl (C=O) groups excluding carboxylic acids is 2. The summed E-state index contributed by atoms with van der Waals surface area (Å²) >= 11 is 1.33. The molecule has 2 heterocycles. The van der Waals surface area contributed by atoms with E-state index >= 15 is 0 Å². The van der Waals surface area contributed by atoms with Crippen LogP contribution in [0.15, 0.2) is 72.3 Å². The summed E-state index contributed by atoms with van der Waals surface area (Å²) in [5.74, 6) is -0.475. The minimum Gasteiger partial charge on any atom is -0.507 e. The van der Waals surface area contributed by atoms with Crippen LogP contribution in [-0.4, -0.2) is 35.5 Å². The Hall–Kier alpha value is -4.17. The molecule has 5 rings (SSSR count). The molecule has 1 fully saturated rings. The number of hydrogen-bond acceptors (Lipinski definition) is 7. The second-order valence-corrected chi connectivity index (χ2v) is 9.38. The monoisotopic (exact) mass is 500 g/mol. The van der Waals surface area contributed by atoms with Gasteiger partial charge in [-0.3, -0.25) is 14.5 Å². The summed E-state index contributed by atoms with van der Waals surface area (Å²) in [6, 6.07) is 18.8. The van der Waals surface area contributed by atoms with Gasteiger partial charge in [-0.25, -0.2) is 4.98 Å². The molecule has 1 aromatic heterocycles. The summed E-state index contributed by atoms with van der Waals surface area (Å²) in [5.41, 5.74) is 2.88. The zero-order valence-corrected chi connectivity index (χ0v) is 20.8. The molecule has 1 aliphatic heterocycles. The number of nitrogens with zero attached hydrogens (tertiary/aromatic N) is 2. The van der Waals surface area contributed by atoms with Crippen LogP contribution < -0.4 is 14.4 Å². The van der Waals surface area contributed by atoms with Gasteiger partial charge in [-0.15, -0.1) is 0 Å². The number of methoxy groups -OCH3 is 1. The number of hydrogen-bond donors (Lipinski definition) is 1. The molecule has 1 saturated heterocycles. The van der Waals surface area contributed by atoms with Crippen LogP contribution in [0.2, 0.25) is 0 Å². The van der Waals surface area contributed by atoms with E-state index in [9.17, 15) is 14.7 Å². The van der Waals surface area contributed by atoms with E-state index < -0.39 is 17.7 Å². The number of ether oxygens (including phenoxy) is 2. The summed E-state index contributed by atoms with van der Waals surface area (Å²) in [7, 11) is 1.57. The minimum atomic E-state index is -0.857. The standard InChI is InChI=1S/C28H24N2O5S/c1-4-35-20-12-8-18(9-13-20)25(31)23-24(17-6-10-19(34-3)11-7-17)30(27(33)26(23)32)28-29-21-14-5-16(2)15-22(21)36-28/h5-15,24,31H,4H2,1-3H3/b25-23+. The molecule has 0 spiro atoms. The Bertz CT molecular complexity index is 1490. The molecule has 0 bridgehead atoms. The highest BCUT2D eigenvalue weighted by molar-refractivity contribution is 7.22. The molecule has 1 unspecified atom stereocenters. The van der Waals surface area contributed by atoms with Gasteiger partial charge in [-0.1, -0.05) is 29.5 Å². The highest BCUT2D eigenvalue weighted by atomic mass is 32.1. The average Bonchev–Trinajstić information content (AvgIpc) is 3.42. The van der Waals surface area contributed by atoms with Crippen LogP contribution in [0.4, 0.5) is 5.13 Å². The van der Waals surface area contributed by atoms with Crippen molar-refractivity contribution in [3.05, 3.63) is 89.0 Å². The van der Waals surface area contributed by atoms with Gasteiger partial charge in [-0.05, 0) is 73.5 Å². The van der Waals surface area contributed by atoms with Gasteiger partial charge in [0.05, 0.1) is 35.5 Å². The minimum absolute atomic E-state index is 0.00441. The third-order valence-corrected chi connectivity index (χ3v) is 7.07. The summed E-state index contributed by atoms with van der Waals surface area (Å²) in [4.78, 5) is 32.8. The highest BCUT2D eigenvalue weighted by Crippen LogP contribution is 2.44. The zero-order chi connectivity index (χ0) is 25.4. The fourth-order valence-electron chi connectivity index (χ4n) is 4.29. The van der Waals surface area contributed by atoms with Crippen molar-refractivity contribution in [2.45, 2.75) is 19.9 Å². The Balaban J connectivity index is 1.68. The molecule has 0 saturated carbocycles. The number of aryl methyl sites for hydroxylation is 1. The number of aliphatic hydroxyl groups excluding tert-OH is 1. The number of aliphatic hydroxyl groups is 1. The normalized spacial score (nSPS) is 17.1. The van der Waals surface area contributed by atoms with Crippen LogP contribution in [0.1, 0.15) is 29.7 Å². The molecule has 3 aromatic carbocycles. The van der Waals surface area contributed by atoms with Crippen LogP contribution >= 0.6 is 11.3 Å². The largest absolute Gasteiger partial charge is 0.507 e. The van der Waals surface area contributed by atoms with Gasteiger partial charge < -0.3 is 14.6 Å². The topological polar surface area (TPSA) is 89.0 Å². The average molecular weight is 501 g/mol. The SMILES string of the molecule is CCOc1ccc(/C(O)=C2\C(=O)C(=O)N(c3nc4ccc(C)cc4s3)C2c2ccc(OC)cc2)cc1. The molecule has 1 N–H and O–H groups in total. The number of anilines is 1. The number of ketones is 1. The summed E-state index contributed by atoms with van der Waals surface area (Å²) in [6.45, 7) is 4.38. The van der Waals surface area contributed by atoms with Crippen LogP contribution in [-0.2, 0) is 9.59 Å². The molecular weight excluding hydrogens is 476 g/mol. The molecule has 182 valence electrons. The fourth-order valence-corrected chi connectivity index (χ4v) is 5.38. The first-order valence-corrected chi connectivity index (χ1v) is 12.3. The van der Waals surface area contributed by atoms with Gasteiger partial charge >= 0.3 is 5.91 Å². The number of benzene rings is 3. The molecule has 7 nitrogen and oxygen atoms in total. The van der Waals surface area contributed by atoms with Gasteiger partial charge in [0, 0.05) is 5.56 Å². The number of fused-ring (bicyclic) bond motifs is 1. The number of amides is 1. The van der Waals surface area contributed by atoms with Crippen LogP contribution in [0, 0.1) is 6.92 Å². The lowest BCUT2D eigenvalue weighted by atomic mass is 9.95. The lowest BCUT2D eigenvalue weighted by Gasteiger charge is -2.23. The Morgan fingerprint density at radius 1 is 1.03 bits per heavy atom. The van der Waals surface area contributed by atoms with E-state index in [1.807, 2.05) is 32.0 Å². The van der Waals surface area contributed by atoms with Crippen molar-refractivity contribution in [2.75, 3.05) is 18.6 Å². The molecule has 0 radical (unpaired) electrons. The Morgan fingerprint density at radius 3 is 2.39 bits per heavy atom. The van der Waals surface area contributed by atoms with E-state index in [1.165, 1.54) is 16.2 Å². The van der Waals surface area contributed by atoms with Gasteiger partial charge in [0.1, 0.15) is 17.3 Å². The first kappa shape index (κ1) is 23.6. The molecule has 8 heteroatoms. The first-order chi connectivity index (χ1) is 17.4. The van der Waals surface area contributed by atoms with E-state index in [4.69, 9.17) is 9.47 Å². The molecule has 4 aromatic rings. The molecular formula is C28H24N2O5S. The van der Waals surface area contributed by atoms with Gasteiger partial charge in [0.2, 0.25) is 0 Å². The third-order valence-electron chi connectivity index (χ3n) is 6.05. The maximum atomic E-state index is 13.4. The number of Topliss-reactive ketones (excluding diaryl/α,β-unsaturated/α-hetero) is 1. The summed E-state index contributed by atoms with van der Waals surface area (Å²) < 4.78 is 11.7. The first-order valence-electron chi connectivity index (χ1n) is 11.5. The summed E-state index contributed by atoms with van der Waals surface area (Å²) in [6.07, 6.45) is 0. The van der Waals surface area contributed by atoms with Crippen LogP contribution in [0.5, 0.6) is 11.5 Å². The van der Waals surface area contributed by atoms with Crippen molar-refractivity contribution in [3.63, 3.8) is 0 Å². The quantitative estimate of drug-likeness (QED) is 0.209. The molecule has 36 heavy (non-hydrogen) atoms. The Kier molecular flexibility index (Phi) is 6.20. The third kappa shape index (κ3) is 4.09. The van der Waals surface area contributed by atoms with E-state index in [2.05, 4.69) is 4.98 Å². The number of aromatic nitrogens is 1. The van der Waals surface area contributed by atoms with Crippen molar-refractivity contribution >= 4 is 44.1 Å². The number of thiazole rings is 1. The van der Waals surface area contributed by atoms with E-state index in [0.29, 0.717) is 34.4 Å². The summed E-state index contributed by atoms with van der Waals surface area (Å²) in [5, 5.41) is 11.7. The molecule has 0 aliphatic carbocycles. The number of rotatable bonds is 6. The number of carbonyl (C=O) groups is 2. The second kappa shape index (κ2) is 9.47. The molecule has 1 amide bonds. The lowest BCUT2D eigenvalue weighted by molar-refractivity contribution is -0.132. The van der Waals surface area contributed by atoms with Crippen molar-refractivity contribution < 1.29 is 24.2 Å². The van der Waals surface area contributed by atoms with Gasteiger partial charge in [-0.2, -0.15) is 0 Å². The van der Waals surface area contributed by atoms with Crippen LogP contribution in [0.3, 0.4) is 0 Å². The van der Waals surface area contributed by atoms with Gasteiger partial charge in [0.25, 0.3) is 5.78 Å². The van der Waals surface area contributed by atoms with Crippen molar-refractivity contribution in [3.8, 4) is 11.5 Å². The van der Waals surface area contributed by atoms with E-state index in [1.54, 1.807) is 55.6 Å². The predicted molar refractivity (Wildman–Crippen MR) is 140 cm³/mol. The fraction of sp³-hybridized carbons (Fsp3) is 0.179. The van der Waals surface area contributed by atoms with Crippen molar-refractivity contribution in [1.82, 2.24) is 4.98 Å². The van der Waals surface area contributed by atoms with Gasteiger partial charge in [0.15, 0.2) is 5.13 Å². The maximum absolute atomic E-state index is 13.4. The second-order valence-electron chi connectivity index (χ2n) is 8.37. The van der Waals surface area contributed by atoms with E-state index in [-0.39, 0.29) is 11.3 Å². The smallest absolute Gasteiger partial charge is 0.301 e. The molecule has 1 atom stereocenters. The van der Waals surface area contributed by atoms with Crippen LogP contribution in [0.25, 0.3) is 16.0 Å². The highest BCUT2D eigenvalue weighted by Gasteiger charge is 2.48. The predicted octanol–water partition coefficient (Wildman–Crippen LogP) is 5.64. The van der Waals surface area contributed by atoms with E-state index in [0.717, 1.165) is 15.8 Å². The van der Waals surface area contributed by atoms with Crippen molar-refractivity contribution in [2.24, 2.45) is 0 Å².